The molecule has 1 aromatic heterocycles. The number of anilines is 1. The van der Waals surface area contributed by atoms with Crippen LogP contribution in [-0.4, -0.2) is 22.3 Å². The number of benzene rings is 1. The number of hydrogen-bond acceptors (Lipinski definition) is 5. The first-order valence-electron chi connectivity index (χ1n) is 6.04. The molecule has 0 saturated carbocycles. The van der Waals surface area contributed by atoms with Gasteiger partial charge in [0.2, 0.25) is 5.91 Å². The van der Waals surface area contributed by atoms with Gasteiger partial charge in [-0.3, -0.25) is 9.59 Å². The van der Waals surface area contributed by atoms with E-state index in [1.165, 1.54) is 11.3 Å². The van der Waals surface area contributed by atoms with E-state index in [2.05, 4.69) is 10.3 Å². The van der Waals surface area contributed by atoms with E-state index >= 15 is 0 Å². The molecule has 20 heavy (non-hydrogen) atoms. The number of nitrogens with zero attached hydrogens (tertiary/aromatic N) is 1. The minimum Gasteiger partial charge on any atom is -0.375 e. The molecular weight excluding hydrogens is 276 g/mol. The summed E-state index contributed by atoms with van der Waals surface area (Å²) in [6.07, 6.45) is 0.0779. The molecule has 2 rings (SSSR count). The molecule has 0 aliphatic heterocycles. The lowest BCUT2D eigenvalue weighted by Crippen LogP contribution is -2.46. The number of carbonyl (C=O) groups excluding carboxylic acids is 2. The van der Waals surface area contributed by atoms with Gasteiger partial charge >= 0.3 is 0 Å². The van der Waals surface area contributed by atoms with Crippen LogP contribution in [0.1, 0.15) is 30.6 Å². The molecule has 1 aromatic carbocycles. The number of nitrogens with two attached hydrogens (primary N) is 2. The van der Waals surface area contributed by atoms with E-state index in [1.807, 2.05) is 0 Å². The number of amides is 2. The van der Waals surface area contributed by atoms with E-state index < -0.39 is 11.4 Å². The third-order valence-electron chi connectivity index (χ3n) is 2.74. The average Bonchev–Trinajstić information content (AvgIpc) is 2.64. The number of fused-ring (bicyclic) bond motifs is 1. The second-order valence-electron chi connectivity index (χ2n) is 5.22. The summed E-state index contributed by atoms with van der Waals surface area (Å²) < 4.78 is 0.850. The van der Waals surface area contributed by atoms with Crippen molar-refractivity contribution < 1.29 is 9.59 Å². The molecule has 2 aromatic rings. The summed E-state index contributed by atoms with van der Waals surface area (Å²) in [5.41, 5.74) is 11.4. The molecule has 0 aliphatic rings. The van der Waals surface area contributed by atoms with E-state index in [1.54, 1.807) is 32.0 Å². The van der Waals surface area contributed by atoms with Gasteiger partial charge in [0.1, 0.15) is 0 Å². The number of aromatic nitrogens is 1. The standard InChI is InChI=1S/C13H16N4O2S/c1-13(2,6-10(14)18)17-11(19)7-3-4-8-9(5-7)20-12(15)16-8/h3-5H,6H2,1-2H3,(H2,14,18)(H2,15,16)(H,17,19). The third kappa shape index (κ3) is 3.24. The number of hydrogen-bond donors (Lipinski definition) is 3. The van der Waals surface area contributed by atoms with E-state index in [-0.39, 0.29) is 12.3 Å². The molecular formula is C13H16N4O2S. The Balaban J connectivity index is 2.20. The number of primary amides is 1. The molecule has 0 saturated heterocycles. The van der Waals surface area contributed by atoms with E-state index in [0.717, 1.165) is 10.2 Å². The summed E-state index contributed by atoms with van der Waals surface area (Å²) in [5.74, 6) is -0.717. The molecule has 0 spiro atoms. The van der Waals surface area contributed by atoms with Gasteiger partial charge in [-0.05, 0) is 32.0 Å². The Morgan fingerprint density at radius 1 is 1.40 bits per heavy atom. The maximum atomic E-state index is 12.2. The van der Waals surface area contributed by atoms with Gasteiger partial charge in [-0.1, -0.05) is 11.3 Å². The number of thiazole rings is 1. The number of rotatable bonds is 4. The maximum Gasteiger partial charge on any atom is 0.251 e. The highest BCUT2D eigenvalue weighted by Crippen LogP contribution is 2.24. The van der Waals surface area contributed by atoms with Gasteiger partial charge in [0.05, 0.1) is 10.2 Å². The van der Waals surface area contributed by atoms with Crippen LogP contribution in [0.25, 0.3) is 10.2 Å². The van der Waals surface area contributed by atoms with Gasteiger partial charge < -0.3 is 16.8 Å². The van der Waals surface area contributed by atoms with Gasteiger partial charge in [0.25, 0.3) is 5.91 Å². The minimum absolute atomic E-state index is 0.0779. The van der Waals surface area contributed by atoms with Crippen LogP contribution < -0.4 is 16.8 Å². The van der Waals surface area contributed by atoms with Crippen molar-refractivity contribution in [3.05, 3.63) is 23.8 Å². The van der Waals surface area contributed by atoms with Gasteiger partial charge in [-0.25, -0.2) is 4.98 Å². The van der Waals surface area contributed by atoms with Crippen LogP contribution in [0.5, 0.6) is 0 Å². The SMILES string of the molecule is CC(C)(CC(N)=O)NC(=O)c1ccc2nc(N)sc2c1. The molecule has 1 heterocycles. The summed E-state index contributed by atoms with van der Waals surface area (Å²) in [5, 5.41) is 3.25. The molecule has 0 fully saturated rings. The Kier molecular flexibility index (Phi) is 3.63. The average molecular weight is 292 g/mol. The summed E-state index contributed by atoms with van der Waals surface area (Å²) in [6.45, 7) is 3.50. The Labute approximate surface area is 120 Å². The molecule has 106 valence electrons. The van der Waals surface area contributed by atoms with Gasteiger partial charge in [-0.2, -0.15) is 0 Å². The topological polar surface area (TPSA) is 111 Å². The molecule has 7 heteroatoms. The summed E-state index contributed by atoms with van der Waals surface area (Å²) in [4.78, 5) is 27.3. The summed E-state index contributed by atoms with van der Waals surface area (Å²) >= 11 is 1.32. The number of nitrogens with one attached hydrogen (secondary N) is 1. The predicted molar refractivity (Wildman–Crippen MR) is 79.4 cm³/mol. The number of carbonyl (C=O) groups is 2. The zero-order valence-electron chi connectivity index (χ0n) is 11.3. The van der Waals surface area contributed by atoms with Crippen molar-refractivity contribution in [3.8, 4) is 0 Å². The van der Waals surface area contributed by atoms with Gasteiger partial charge in [0, 0.05) is 17.5 Å². The van der Waals surface area contributed by atoms with Crippen LogP contribution in [0.2, 0.25) is 0 Å². The fraction of sp³-hybridized carbons (Fsp3) is 0.308. The normalized spacial score (nSPS) is 11.5. The summed E-state index contributed by atoms with van der Waals surface area (Å²) in [7, 11) is 0. The Morgan fingerprint density at radius 2 is 2.10 bits per heavy atom. The zero-order chi connectivity index (χ0) is 14.9. The first kappa shape index (κ1) is 14.3. The molecule has 0 atom stereocenters. The molecule has 0 radical (unpaired) electrons. The first-order chi connectivity index (χ1) is 9.27. The monoisotopic (exact) mass is 292 g/mol. The van der Waals surface area contributed by atoms with Crippen molar-refractivity contribution in [1.82, 2.24) is 10.3 Å². The lowest BCUT2D eigenvalue weighted by molar-refractivity contribution is -0.119. The van der Waals surface area contributed by atoms with E-state index in [0.29, 0.717) is 10.7 Å². The van der Waals surface area contributed by atoms with Crippen molar-refractivity contribution in [2.45, 2.75) is 25.8 Å². The molecule has 0 bridgehead atoms. The van der Waals surface area contributed by atoms with Crippen LogP contribution in [-0.2, 0) is 4.79 Å². The molecule has 2 amide bonds. The second-order valence-corrected chi connectivity index (χ2v) is 6.28. The van der Waals surface area contributed by atoms with Crippen LogP contribution >= 0.6 is 11.3 Å². The van der Waals surface area contributed by atoms with Crippen molar-refractivity contribution >= 4 is 38.5 Å². The quantitative estimate of drug-likeness (QED) is 0.787. The first-order valence-corrected chi connectivity index (χ1v) is 6.85. The van der Waals surface area contributed by atoms with E-state index in [4.69, 9.17) is 11.5 Å². The lowest BCUT2D eigenvalue weighted by Gasteiger charge is -2.24. The fourth-order valence-electron chi connectivity index (χ4n) is 1.94. The third-order valence-corrected chi connectivity index (χ3v) is 3.58. The predicted octanol–water partition coefficient (Wildman–Crippen LogP) is 1.26. The van der Waals surface area contributed by atoms with Crippen molar-refractivity contribution in [2.24, 2.45) is 5.73 Å². The van der Waals surface area contributed by atoms with Crippen molar-refractivity contribution in [3.63, 3.8) is 0 Å². The highest BCUT2D eigenvalue weighted by molar-refractivity contribution is 7.22. The Bertz CT molecular complexity index is 678. The minimum atomic E-state index is -0.690. The molecule has 0 unspecified atom stereocenters. The molecule has 5 N–H and O–H groups in total. The zero-order valence-corrected chi connectivity index (χ0v) is 12.1. The smallest absolute Gasteiger partial charge is 0.251 e. The Hall–Kier alpha value is -2.15. The molecule has 0 aliphatic carbocycles. The van der Waals surface area contributed by atoms with Gasteiger partial charge in [0.15, 0.2) is 5.13 Å². The highest BCUT2D eigenvalue weighted by Gasteiger charge is 2.23. The highest BCUT2D eigenvalue weighted by atomic mass is 32.1. The maximum absolute atomic E-state index is 12.2. The Morgan fingerprint density at radius 3 is 2.75 bits per heavy atom. The lowest BCUT2D eigenvalue weighted by atomic mass is 9.99. The van der Waals surface area contributed by atoms with E-state index in [9.17, 15) is 9.59 Å². The van der Waals surface area contributed by atoms with Crippen LogP contribution in [0.4, 0.5) is 5.13 Å². The van der Waals surface area contributed by atoms with Crippen LogP contribution in [0.3, 0.4) is 0 Å². The van der Waals surface area contributed by atoms with Crippen molar-refractivity contribution in [1.29, 1.82) is 0 Å². The van der Waals surface area contributed by atoms with Gasteiger partial charge in [-0.15, -0.1) is 0 Å². The summed E-state index contributed by atoms with van der Waals surface area (Å²) in [6, 6.07) is 5.16. The number of nitrogen functional groups attached to an aromatic ring is 1. The van der Waals surface area contributed by atoms with Crippen molar-refractivity contribution in [2.75, 3.05) is 5.73 Å². The van der Waals surface area contributed by atoms with Crippen LogP contribution in [0, 0.1) is 0 Å². The largest absolute Gasteiger partial charge is 0.375 e. The van der Waals surface area contributed by atoms with Crippen LogP contribution in [0.15, 0.2) is 18.2 Å². The fourth-order valence-corrected chi connectivity index (χ4v) is 2.72. The molecule has 6 nitrogen and oxygen atoms in total. The second kappa shape index (κ2) is 5.09.